The van der Waals surface area contributed by atoms with E-state index < -0.39 is 6.04 Å². The molecule has 1 aromatic heterocycles. The van der Waals surface area contributed by atoms with Gasteiger partial charge < -0.3 is 10.6 Å². The topological polar surface area (TPSA) is 71.1 Å². The standard InChI is InChI=1S/C10H10ClN3O2/c11-6-3-4-12-8(5-6)14-10(16)7-1-2-9(15)13-7/h3-5,7H,1-2H2,(H,13,15)(H,12,14,16). The van der Waals surface area contributed by atoms with Gasteiger partial charge in [-0.05, 0) is 18.6 Å². The molecule has 1 fully saturated rings. The lowest BCUT2D eigenvalue weighted by atomic mass is 10.2. The predicted octanol–water partition coefficient (Wildman–Crippen LogP) is 0.952. The zero-order chi connectivity index (χ0) is 11.5. The molecule has 1 aromatic rings. The summed E-state index contributed by atoms with van der Waals surface area (Å²) >= 11 is 5.75. The van der Waals surface area contributed by atoms with Gasteiger partial charge in [-0.25, -0.2) is 4.98 Å². The number of hydrogen-bond acceptors (Lipinski definition) is 3. The fraction of sp³-hybridized carbons (Fsp3) is 0.300. The Kier molecular flexibility index (Phi) is 3.05. The summed E-state index contributed by atoms with van der Waals surface area (Å²) in [4.78, 5) is 26.5. The van der Waals surface area contributed by atoms with E-state index in [1.54, 1.807) is 12.1 Å². The molecule has 84 valence electrons. The third kappa shape index (κ3) is 2.49. The molecule has 0 aromatic carbocycles. The minimum absolute atomic E-state index is 0.0980. The molecule has 1 unspecified atom stereocenters. The predicted molar refractivity (Wildman–Crippen MR) is 59.0 cm³/mol. The van der Waals surface area contributed by atoms with Crippen molar-refractivity contribution in [2.24, 2.45) is 0 Å². The summed E-state index contributed by atoms with van der Waals surface area (Å²) in [7, 11) is 0. The first-order valence-electron chi connectivity index (χ1n) is 4.87. The molecule has 2 rings (SSSR count). The highest BCUT2D eigenvalue weighted by Crippen LogP contribution is 2.13. The van der Waals surface area contributed by atoms with Crippen LogP contribution in [0.25, 0.3) is 0 Å². The highest BCUT2D eigenvalue weighted by molar-refractivity contribution is 6.30. The highest BCUT2D eigenvalue weighted by atomic mass is 35.5. The number of nitrogens with one attached hydrogen (secondary N) is 2. The second kappa shape index (κ2) is 4.49. The van der Waals surface area contributed by atoms with Crippen LogP contribution in [0, 0.1) is 0 Å². The lowest BCUT2D eigenvalue weighted by molar-refractivity contribution is -0.122. The van der Waals surface area contributed by atoms with Crippen LogP contribution in [0.1, 0.15) is 12.8 Å². The number of hydrogen-bond donors (Lipinski definition) is 2. The molecular formula is C10H10ClN3O2. The molecule has 1 saturated heterocycles. The number of aromatic nitrogens is 1. The van der Waals surface area contributed by atoms with Crippen molar-refractivity contribution in [3.05, 3.63) is 23.4 Å². The Morgan fingerprint density at radius 2 is 2.44 bits per heavy atom. The molecule has 0 spiro atoms. The van der Waals surface area contributed by atoms with Gasteiger partial charge in [-0.1, -0.05) is 11.6 Å². The maximum Gasteiger partial charge on any atom is 0.248 e. The van der Waals surface area contributed by atoms with Crippen molar-refractivity contribution in [1.29, 1.82) is 0 Å². The summed E-state index contributed by atoms with van der Waals surface area (Å²) in [5.41, 5.74) is 0. The quantitative estimate of drug-likeness (QED) is 0.807. The smallest absolute Gasteiger partial charge is 0.248 e. The molecule has 0 saturated carbocycles. The molecule has 2 amide bonds. The maximum atomic E-state index is 11.7. The van der Waals surface area contributed by atoms with E-state index in [2.05, 4.69) is 15.6 Å². The van der Waals surface area contributed by atoms with Gasteiger partial charge in [0.2, 0.25) is 11.8 Å². The summed E-state index contributed by atoms with van der Waals surface area (Å²) in [6.45, 7) is 0. The largest absolute Gasteiger partial charge is 0.344 e. The monoisotopic (exact) mass is 239 g/mol. The zero-order valence-electron chi connectivity index (χ0n) is 8.37. The summed E-state index contributed by atoms with van der Waals surface area (Å²) in [5.74, 6) is 0.0264. The van der Waals surface area contributed by atoms with Crippen LogP contribution in [0.15, 0.2) is 18.3 Å². The summed E-state index contributed by atoms with van der Waals surface area (Å²) < 4.78 is 0. The Bertz CT molecular complexity index is 436. The van der Waals surface area contributed by atoms with Gasteiger partial charge in [-0.15, -0.1) is 0 Å². The number of carbonyl (C=O) groups is 2. The van der Waals surface area contributed by atoms with E-state index in [4.69, 9.17) is 11.6 Å². The van der Waals surface area contributed by atoms with Crippen LogP contribution >= 0.6 is 11.6 Å². The van der Waals surface area contributed by atoms with Crippen molar-refractivity contribution in [2.75, 3.05) is 5.32 Å². The Morgan fingerprint density at radius 3 is 3.06 bits per heavy atom. The van der Waals surface area contributed by atoms with Crippen molar-refractivity contribution < 1.29 is 9.59 Å². The summed E-state index contributed by atoms with van der Waals surface area (Å²) in [5, 5.41) is 5.67. The van der Waals surface area contributed by atoms with Crippen LogP contribution in [0.4, 0.5) is 5.82 Å². The number of amides is 2. The van der Waals surface area contributed by atoms with E-state index in [1.165, 1.54) is 6.20 Å². The van der Waals surface area contributed by atoms with Crippen molar-refractivity contribution in [3.8, 4) is 0 Å². The average Bonchev–Trinajstić information content (AvgIpc) is 2.65. The fourth-order valence-electron chi connectivity index (χ4n) is 1.50. The molecule has 2 heterocycles. The van der Waals surface area contributed by atoms with Gasteiger partial charge >= 0.3 is 0 Å². The highest BCUT2D eigenvalue weighted by Gasteiger charge is 2.27. The number of pyridine rings is 1. The van der Waals surface area contributed by atoms with E-state index >= 15 is 0 Å². The molecular weight excluding hydrogens is 230 g/mol. The molecule has 16 heavy (non-hydrogen) atoms. The van der Waals surface area contributed by atoms with Crippen molar-refractivity contribution in [2.45, 2.75) is 18.9 Å². The van der Waals surface area contributed by atoms with Crippen LogP contribution in [-0.2, 0) is 9.59 Å². The number of rotatable bonds is 2. The first kappa shape index (κ1) is 10.9. The summed E-state index contributed by atoms with van der Waals surface area (Å²) in [6.07, 6.45) is 2.41. The van der Waals surface area contributed by atoms with E-state index in [1.807, 2.05) is 0 Å². The van der Waals surface area contributed by atoms with Gasteiger partial charge in [0.1, 0.15) is 11.9 Å². The molecule has 1 aliphatic rings. The van der Waals surface area contributed by atoms with Crippen molar-refractivity contribution in [3.63, 3.8) is 0 Å². The number of carbonyl (C=O) groups excluding carboxylic acids is 2. The molecule has 2 N–H and O–H groups in total. The average molecular weight is 240 g/mol. The zero-order valence-corrected chi connectivity index (χ0v) is 9.12. The van der Waals surface area contributed by atoms with E-state index in [0.29, 0.717) is 23.7 Å². The molecule has 0 bridgehead atoms. The molecule has 0 radical (unpaired) electrons. The third-order valence-corrected chi connectivity index (χ3v) is 2.52. The molecule has 0 aliphatic carbocycles. The van der Waals surface area contributed by atoms with Gasteiger partial charge in [0.15, 0.2) is 0 Å². The first-order valence-corrected chi connectivity index (χ1v) is 5.25. The van der Waals surface area contributed by atoms with Crippen LogP contribution in [0.5, 0.6) is 0 Å². The first-order chi connectivity index (χ1) is 7.65. The van der Waals surface area contributed by atoms with Gasteiger partial charge in [0.05, 0.1) is 0 Å². The van der Waals surface area contributed by atoms with Crippen LogP contribution in [0.3, 0.4) is 0 Å². The fourth-order valence-corrected chi connectivity index (χ4v) is 1.66. The normalized spacial score (nSPS) is 19.3. The SMILES string of the molecule is O=C1CCC(C(=O)Nc2cc(Cl)ccn2)N1. The molecule has 5 nitrogen and oxygen atoms in total. The van der Waals surface area contributed by atoms with Gasteiger partial charge in [0, 0.05) is 17.6 Å². The number of anilines is 1. The Balaban J connectivity index is 1.99. The Labute approximate surface area is 97.2 Å². The molecule has 1 atom stereocenters. The van der Waals surface area contributed by atoms with Gasteiger partial charge in [-0.2, -0.15) is 0 Å². The minimum Gasteiger partial charge on any atom is -0.344 e. The van der Waals surface area contributed by atoms with E-state index in [0.717, 1.165) is 0 Å². The van der Waals surface area contributed by atoms with Crippen LogP contribution < -0.4 is 10.6 Å². The maximum absolute atomic E-state index is 11.7. The number of halogens is 1. The molecule has 1 aliphatic heterocycles. The van der Waals surface area contributed by atoms with E-state index in [9.17, 15) is 9.59 Å². The van der Waals surface area contributed by atoms with E-state index in [-0.39, 0.29) is 11.8 Å². The summed E-state index contributed by atoms with van der Waals surface area (Å²) in [6, 6.07) is 2.71. The van der Waals surface area contributed by atoms with Crippen LogP contribution in [0.2, 0.25) is 5.02 Å². The van der Waals surface area contributed by atoms with Gasteiger partial charge in [-0.3, -0.25) is 9.59 Å². The second-order valence-electron chi connectivity index (χ2n) is 3.51. The lowest BCUT2D eigenvalue weighted by Crippen LogP contribution is -2.37. The Morgan fingerprint density at radius 1 is 1.62 bits per heavy atom. The number of nitrogens with zero attached hydrogens (tertiary/aromatic N) is 1. The van der Waals surface area contributed by atoms with Crippen molar-refractivity contribution >= 4 is 29.2 Å². The van der Waals surface area contributed by atoms with Gasteiger partial charge in [0.25, 0.3) is 0 Å². The minimum atomic E-state index is -0.465. The second-order valence-corrected chi connectivity index (χ2v) is 3.94. The Hall–Kier alpha value is -1.62. The third-order valence-electron chi connectivity index (χ3n) is 2.29. The van der Waals surface area contributed by atoms with Crippen molar-refractivity contribution in [1.82, 2.24) is 10.3 Å². The molecule has 6 heteroatoms. The lowest BCUT2D eigenvalue weighted by Gasteiger charge is -2.09. The van der Waals surface area contributed by atoms with Crippen LogP contribution in [-0.4, -0.2) is 22.8 Å².